The number of ketones is 1. The minimum Gasteiger partial charge on any atom is -0.507 e. The predicted molar refractivity (Wildman–Crippen MR) is 128 cm³/mol. The molecule has 3 aliphatic heterocycles. The lowest BCUT2D eigenvalue weighted by atomic mass is 9.82. The molecular weight excluding hydrogens is 450 g/mol. The molecule has 3 aliphatic rings. The Hall–Kier alpha value is -3.85. The van der Waals surface area contributed by atoms with Crippen LogP contribution in [0.3, 0.4) is 0 Å². The van der Waals surface area contributed by atoms with Gasteiger partial charge in [0.25, 0.3) is 17.6 Å². The van der Waals surface area contributed by atoms with Crippen LogP contribution in [0.1, 0.15) is 17.5 Å². The van der Waals surface area contributed by atoms with E-state index in [2.05, 4.69) is 0 Å². The van der Waals surface area contributed by atoms with Gasteiger partial charge in [-0.25, -0.2) is 0 Å². The second kappa shape index (κ2) is 8.42. The number of likely N-dealkylation sites (tertiary alicyclic amines) is 1. The van der Waals surface area contributed by atoms with Gasteiger partial charge in [-0.2, -0.15) is 0 Å². The summed E-state index contributed by atoms with van der Waals surface area (Å²) in [6, 6.07) is 11.8. The lowest BCUT2D eigenvalue weighted by Crippen LogP contribution is -2.51. The van der Waals surface area contributed by atoms with Gasteiger partial charge < -0.3 is 29.3 Å². The summed E-state index contributed by atoms with van der Waals surface area (Å²) >= 11 is 0. The summed E-state index contributed by atoms with van der Waals surface area (Å²) in [4.78, 5) is 45.6. The summed E-state index contributed by atoms with van der Waals surface area (Å²) in [5.41, 5.74) is -0.630. The van der Waals surface area contributed by atoms with Crippen LogP contribution in [0, 0.1) is 0 Å². The number of aliphatic hydroxyl groups is 1. The number of nitrogens with zero attached hydrogens (tertiary/aromatic N) is 3. The molecule has 9 nitrogen and oxygen atoms in total. The molecule has 35 heavy (non-hydrogen) atoms. The number of anilines is 1. The van der Waals surface area contributed by atoms with Crippen LogP contribution in [0.5, 0.6) is 11.5 Å². The maximum absolute atomic E-state index is 13.9. The number of fused-ring (bicyclic) bond motifs is 3. The molecule has 2 amide bonds. The van der Waals surface area contributed by atoms with Crippen molar-refractivity contribution in [2.45, 2.75) is 12.0 Å². The van der Waals surface area contributed by atoms with Crippen molar-refractivity contribution in [2.24, 2.45) is 0 Å². The van der Waals surface area contributed by atoms with E-state index in [4.69, 9.17) is 9.47 Å². The third-order valence-corrected chi connectivity index (χ3v) is 6.74. The number of benzene rings is 2. The Morgan fingerprint density at radius 3 is 2.51 bits per heavy atom. The summed E-state index contributed by atoms with van der Waals surface area (Å²) in [5.74, 6) is -1.63. The van der Waals surface area contributed by atoms with Gasteiger partial charge in [0, 0.05) is 30.4 Å². The van der Waals surface area contributed by atoms with Crippen molar-refractivity contribution >= 4 is 29.0 Å². The minimum atomic E-state index is -1.75. The van der Waals surface area contributed by atoms with E-state index < -0.39 is 28.9 Å². The first-order valence-electron chi connectivity index (χ1n) is 11.5. The standard InChI is InChI=1S/C26H27N3O6/c1-27(2)11-6-12-29-24(32)23(31)21(22(30)16-9-10-19-20(15-16)35-14-13-34-19)26(29)17-7-4-5-8-18(17)28(3)25(26)33/h4-5,7-10,15,30H,6,11-14H2,1-3H3/t26-/m1/s1. The fraction of sp³-hybridized carbons (Fsp3) is 0.346. The van der Waals surface area contributed by atoms with Crippen molar-refractivity contribution in [2.75, 3.05) is 52.3 Å². The molecule has 1 N–H and O–H groups in total. The van der Waals surface area contributed by atoms with Crippen LogP contribution in [0.4, 0.5) is 5.69 Å². The van der Waals surface area contributed by atoms with Crippen LogP contribution in [-0.4, -0.2) is 80.0 Å². The zero-order chi connectivity index (χ0) is 24.9. The highest BCUT2D eigenvalue weighted by atomic mass is 16.6. The van der Waals surface area contributed by atoms with Crippen LogP contribution in [0.2, 0.25) is 0 Å². The van der Waals surface area contributed by atoms with Crippen LogP contribution in [0.25, 0.3) is 5.76 Å². The molecule has 0 aliphatic carbocycles. The first-order chi connectivity index (χ1) is 16.8. The SMILES string of the molecule is CN(C)CCCN1C(=O)C(=O)C(=C(O)c2ccc3c(c2)OCCO3)[C@]12C(=O)N(C)c1ccccc12. The molecule has 0 aromatic heterocycles. The van der Waals surface area contributed by atoms with Gasteiger partial charge in [-0.15, -0.1) is 0 Å². The predicted octanol–water partition coefficient (Wildman–Crippen LogP) is 1.96. The molecule has 2 aromatic rings. The number of carbonyl (C=O) groups excluding carboxylic acids is 3. The van der Waals surface area contributed by atoms with Gasteiger partial charge in [0.2, 0.25) is 0 Å². The number of likely N-dealkylation sites (N-methyl/N-ethyl adjacent to an activating group) is 1. The van der Waals surface area contributed by atoms with Gasteiger partial charge in [0.1, 0.15) is 19.0 Å². The molecule has 0 bridgehead atoms. The second-order valence-corrected chi connectivity index (χ2v) is 9.12. The van der Waals surface area contributed by atoms with E-state index >= 15 is 0 Å². The summed E-state index contributed by atoms with van der Waals surface area (Å²) in [5, 5.41) is 11.5. The quantitative estimate of drug-likeness (QED) is 0.399. The highest BCUT2D eigenvalue weighted by Crippen LogP contribution is 2.53. The number of rotatable bonds is 5. The largest absolute Gasteiger partial charge is 0.507 e. The van der Waals surface area contributed by atoms with Crippen molar-refractivity contribution < 1.29 is 29.0 Å². The molecule has 9 heteroatoms. The number of Topliss-reactive ketones (excluding diaryl/α,β-unsaturated/α-hetero) is 1. The molecule has 2 aromatic carbocycles. The highest BCUT2D eigenvalue weighted by molar-refractivity contribution is 6.50. The fourth-order valence-corrected chi connectivity index (χ4v) is 5.15. The second-order valence-electron chi connectivity index (χ2n) is 9.12. The summed E-state index contributed by atoms with van der Waals surface area (Å²) in [7, 11) is 5.44. The number of hydrogen-bond donors (Lipinski definition) is 1. The zero-order valence-corrected chi connectivity index (χ0v) is 19.9. The fourth-order valence-electron chi connectivity index (χ4n) is 5.15. The van der Waals surface area contributed by atoms with Gasteiger partial charge in [-0.3, -0.25) is 14.4 Å². The van der Waals surface area contributed by atoms with E-state index in [0.717, 1.165) is 0 Å². The molecule has 1 spiro atoms. The summed E-state index contributed by atoms with van der Waals surface area (Å²) in [6.07, 6.45) is 0.547. The Morgan fingerprint density at radius 2 is 1.77 bits per heavy atom. The van der Waals surface area contributed by atoms with E-state index in [9.17, 15) is 19.5 Å². The van der Waals surface area contributed by atoms with Gasteiger partial charge in [-0.05, 0) is 51.3 Å². The number of amides is 2. The lowest BCUT2D eigenvalue weighted by molar-refractivity contribution is -0.143. The third kappa shape index (κ3) is 3.30. The van der Waals surface area contributed by atoms with Crippen molar-refractivity contribution in [3.05, 3.63) is 59.2 Å². The first-order valence-corrected chi connectivity index (χ1v) is 11.5. The Labute approximate surface area is 203 Å². The number of ether oxygens (including phenoxy) is 2. The topological polar surface area (TPSA) is 99.6 Å². The van der Waals surface area contributed by atoms with Crippen LogP contribution in [0.15, 0.2) is 48.0 Å². The van der Waals surface area contributed by atoms with E-state index in [-0.39, 0.29) is 17.7 Å². The molecule has 0 saturated carbocycles. The zero-order valence-electron chi connectivity index (χ0n) is 19.9. The first kappa shape index (κ1) is 22.9. The Morgan fingerprint density at radius 1 is 1.06 bits per heavy atom. The van der Waals surface area contributed by atoms with Gasteiger partial charge >= 0.3 is 0 Å². The molecular formula is C26H27N3O6. The Kier molecular flexibility index (Phi) is 5.52. The Bertz CT molecular complexity index is 1270. The summed E-state index contributed by atoms with van der Waals surface area (Å²) in [6.45, 7) is 1.60. The number of aliphatic hydroxyl groups excluding tert-OH is 1. The molecule has 0 radical (unpaired) electrons. The number of carbonyl (C=O) groups is 3. The van der Waals surface area contributed by atoms with Crippen LogP contribution < -0.4 is 14.4 Å². The number of hydrogen-bond acceptors (Lipinski definition) is 7. The van der Waals surface area contributed by atoms with Gasteiger partial charge in [0.05, 0.1) is 5.57 Å². The maximum Gasteiger partial charge on any atom is 0.296 e. The molecule has 0 unspecified atom stereocenters. The molecule has 5 rings (SSSR count). The van der Waals surface area contributed by atoms with Crippen LogP contribution in [-0.2, 0) is 19.9 Å². The highest BCUT2D eigenvalue weighted by Gasteiger charge is 2.66. The molecule has 1 saturated heterocycles. The minimum absolute atomic E-state index is 0.175. The number of para-hydroxylation sites is 1. The van der Waals surface area contributed by atoms with Crippen molar-refractivity contribution in [1.82, 2.24) is 9.80 Å². The van der Waals surface area contributed by atoms with Gasteiger partial charge in [-0.1, -0.05) is 18.2 Å². The lowest BCUT2D eigenvalue weighted by Gasteiger charge is -2.34. The van der Waals surface area contributed by atoms with Crippen molar-refractivity contribution in [1.29, 1.82) is 0 Å². The van der Waals surface area contributed by atoms with E-state index in [1.54, 1.807) is 49.5 Å². The smallest absolute Gasteiger partial charge is 0.296 e. The molecule has 1 fully saturated rings. The van der Waals surface area contributed by atoms with E-state index in [1.807, 2.05) is 19.0 Å². The molecule has 1 atom stereocenters. The van der Waals surface area contributed by atoms with Crippen molar-refractivity contribution in [3.8, 4) is 11.5 Å². The molecule has 3 heterocycles. The normalized spacial score (nSPS) is 22.5. The Balaban J connectivity index is 1.73. The van der Waals surface area contributed by atoms with Gasteiger partial charge in [0.15, 0.2) is 17.0 Å². The van der Waals surface area contributed by atoms with E-state index in [0.29, 0.717) is 48.9 Å². The monoisotopic (exact) mass is 477 g/mol. The average molecular weight is 478 g/mol. The molecule has 182 valence electrons. The third-order valence-electron chi connectivity index (χ3n) is 6.74. The van der Waals surface area contributed by atoms with E-state index in [1.165, 1.54) is 9.80 Å². The average Bonchev–Trinajstić information content (AvgIpc) is 3.22. The van der Waals surface area contributed by atoms with Crippen LogP contribution >= 0.6 is 0 Å². The maximum atomic E-state index is 13.9. The summed E-state index contributed by atoms with van der Waals surface area (Å²) < 4.78 is 11.2. The van der Waals surface area contributed by atoms with Crippen molar-refractivity contribution in [3.63, 3.8) is 0 Å².